The molecule has 5 nitrogen and oxygen atoms in total. The normalized spacial score (nSPS) is 16.2. The minimum atomic E-state index is -0.388. The molecule has 1 atom stereocenters. The van der Waals surface area contributed by atoms with Crippen molar-refractivity contribution in [3.8, 4) is 6.07 Å². The lowest BCUT2D eigenvalue weighted by Crippen LogP contribution is -2.46. The van der Waals surface area contributed by atoms with Crippen LogP contribution in [0.4, 0.5) is 9.52 Å². The number of hydrogen-bond donors (Lipinski definition) is 1. The molecule has 7 heteroatoms. The second kappa shape index (κ2) is 8.30. The van der Waals surface area contributed by atoms with E-state index in [1.165, 1.54) is 6.07 Å². The number of nitriles is 1. The molecule has 0 amide bonds. The summed E-state index contributed by atoms with van der Waals surface area (Å²) in [7, 11) is 0. The summed E-state index contributed by atoms with van der Waals surface area (Å²) in [5, 5.41) is 13.4. The summed E-state index contributed by atoms with van der Waals surface area (Å²) in [4.78, 5) is 11.2. The fourth-order valence-electron chi connectivity index (χ4n) is 3.11. The second-order valence-corrected chi connectivity index (χ2v) is 7.30. The zero-order chi connectivity index (χ0) is 19.3. The van der Waals surface area contributed by atoms with Gasteiger partial charge in [0, 0.05) is 18.5 Å². The van der Waals surface area contributed by atoms with Crippen LogP contribution in [-0.4, -0.2) is 24.0 Å². The lowest BCUT2D eigenvalue weighted by Gasteiger charge is -2.32. The fraction of sp³-hybridized carbons (Fsp3) is 0.190. The molecule has 1 N–H and O–H groups in total. The van der Waals surface area contributed by atoms with Gasteiger partial charge in [0.05, 0.1) is 22.7 Å². The van der Waals surface area contributed by atoms with Gasteiger partial charge in [0.1, 0.15) is 5.82 Å². The maximum atomic E-state index is 13.9. The highest BCUT2D eigenvalue weighted by Gasteiger charge is 2.26. The summed E-state index contributed by atoms with van der Waals surface area (Å²) in [5.74, 6) is -0.204. The molecule has 1 unspecified atom stereocenters. The van der Waals surface area contributed by atoms with Gasteiger partial charge in [0.2, 0.25) is 0 Å². The minimum absolute atomic E-state index is 0.204. The number of halogens is 1. The summed E-state index contributed by atoms with van der Waals surface area (Å²) >= 11 is 1.56. The number of fused-ring (bicyclic) bond motifs is 1. The van der Waals surface area contributed by atoms with E-state index in [-0.39, 0.29) is 18.5 Å². The molecule has 1 aliphatic rings. The first kappa shape index (κ1) is 18.3. The predicted octanol–water partition coefficient (Wildman–Crippen LogP) is 4.24. The SMILES string of the molecule is N#CCC1=CC=NC(NCCc2ccccc2F)N1c1nc2ccccc2s1. The monoisotopic (exact) mass is 391 g/mol. The molecule has 28 heavy (non-hydrogen) atoms. The number of nitrogens with zero attached hydrogens (tertiary/aromatic N) is 4. The van der Waals surface area contributed by atoms with Crippen LogP contribution in [0.25, 0.3) is 10.2 Å². The highest BCUT2D eigenvalue weighted by Crippen LogP contribution is 2.33. The Morgan fingerprint density at radius 2 is 2.00 bits per heavy atom. The third-order valence-electron chi connectivity index (χ3n) is 4.48. The number of anilines is 1. The quantitative estimate of drug-likeness (QED) is 0.683. The van der Waals surface area contributed by atoms with Crippen LogP contribution in [0, 0.1) is 17.1 Å². The van der Waals surface area contributed by atoms with E-state index in [1.807, 2.05) is 41.3 Å². The van der Waals surface area contributed by atoms with E-state index in [0.29, 0.717) is 18.5 Å². The number of aliphatic imine (C=N–C) groups is 1. The van der Waals surface area contributed by atoms with Crippen molar-refractivity contribution in [2.24, 2.45) is 4.99 Å². The van der Waals surface area contributed by atoms with Gasteiger partial charge in [-0.1, -0.05) is 41.7 Å². The molecular weight excluding hydrogens is 373 g/mol. The molecule has 0 aliphatic carbocycles. The Kier molecular flexibility index (Phi) is 5.42. The van der Waals surface area contributed by atoms with Crippen LogP contribution in [0.3, 0.4) is 0 Å². The van der Waals surface area contributed by atoms with Crippen LogP contribution in [0.1, 0.15) is 12.0 Å². The van der Waals surface area contributed by atoms with Gasteiger partial charge in [0.25, 0.3) is 0 Å². The molecule has 4 rings (SSSR count). The number of hydrogen-bond acceptors (Lipinski definition) is 6. The van der Waals surface area contributed by atoms with E-state index in [0.717, 1.165) is 21.0 Å². The number of nitrogens with one attached hydrogen (secondary N) is 1. The van der Waals surface area contributed by atoms with Crippen molar-refractivity contribution in [3.63, 3.8) is 0 Å². The highest BCUT2D eigenvalue weighted by atomic mass is 32.1. The van der Waals surface area contributed by atoms with E-state index in [9.17, 15) is 9.65 Å². The first-order valence-electron chi connectivity index (χ1n) is 8.97. The van der Waals surface area contributed by atoms with Gasteiger partial charge in [-0.25, -0.2) is 9.37 Å². The zero-order valence-corrected chi connectivity index (χ0v) is 15.9. The maximum absolute atomic E-state index is 13.9. The van der Waals surface area contributed by atoms with Crippen LogP contribution < -0.4 is 10.2 Å². The topological polar surface area (TPSA) is 64.3 Å². The van der Waals surface area contributed by atoms with Gasteiger partial charge in [-0.15, -0.1) is 0 Å². The lowest BCUT2D eigenvalue weighted by atomic mass is 10.1. The molecule has 0 fully saturated rings. The first-order valence-corrected chi connectivity index (χ1v) is 9.79. The van der Waals surface area contributed by atoms with Crippen LogP contribution >= 0.6 is 11.3 Å². The molecule has 0 saturated carbocycles. The molecule has 3 aromatic rings. The Morgan fingerprint density at radius 3 is 2.82 bits per heavy atom. The Balaban J connectivity index is 1.56. The fourth-order valence-corrected chi connectivity index (χ4v) is 4.13. The Hall–Kier alpha value is -3.08. The average Bonchev–Trinajstić information content (AvgIpc) is 3.13. The van der Waals surface area contributed by atoms with Crippen LogP contribution in [0.2, 0.25) is 0 Å². The van der Waals surface area contributed by atoms with E-state index < -0.39 is 0 Å². The Labute approximate surface area is 166 Å². The standard InChI is InChI=1S/C21H18FN5S/c22-17-6-2-1-5-15(17)10-13-24-20-25-14-11-16(9-12-23)27(20)21-26-18-7-3-4-8-19(18)28-21/h1-8,11,14,20,24H,9-10,13H2. The van der Waals surface area contributed by atoms with Gasteiger partial charge in [-0.05, 0) is 36.3 Å². The van der Waals surface area contributed by atoms with Gasteiger partial charge in [-0.2, -0.15) is 5.26 Å². The van der Waals surface area contributed by atoms with E-state index >= 15 is 0 Å². The molecule has 1 aromatic heterocycles. The van der Waals surface area contributed by atoms with Crippen molar-refractivity contribution in [2.75, 3.05) is 11.4 Å². The second-order valence-electron chi connectivity index (χ2n) is 6.29. The molecule has 2 heterocycles. The molecule has 0 bridgehead atoms. The van der Waals surface area contributed by atoms with Gasteiger partial charge in [0.15, 0.2) is 11.4 Å². The average molecular weight is 391 g/mol. The summed E-state index contributed by atoms with van der Waals surface area (Å²) in [6.07, 6.45) is 3.96. The number of para-hydroxylation sites is 1. The predicted molar refractivity (Wildman–Crippen MR) is 111 cm³/mol. The third kappa shape index (κ3) is 3.79. The number of aromatic nitrogens is 1. The van der Waals surface area contributed by atoms with Crippen molar-refractivity contribution >= 4 is 32.9 Å². The summed E-state index contributed by atoms with van der Waals surface area (Å²) in [6, 6.07) is 16.9. The number of allylic oxidation sites excluding steroid dienone is 2. The van der Waals surface area contributed by atoms with Crippen molar-refractivity contribution in [1.82, 2.24) is 10.3 Å². The van der Waals surface area contributed by atoms with Gasteiger partial charge in [-0.3, -0.25) is 15.2 Å². The molecule has 0 saturated heterocycles. The molecule has 0 radical (unpaired) electrons. The molecule has 1 aliphatic heterocycles. The van der Waals surface area contributed by atoms with Crippen LogP contribution in [0.5, 0.6) is 0 Å². The summed E-state index contributed by atoms with van der Waals surface area (Å²) in [6.45, 7) is 0.546. The largest absolute Gasteiger partial charge is 0.285 e. The molecule has 0 spiro atoms. The molecule has 2 aromatic carbocycles. The van der Waals surface area contributed by atoms with Gasteiger partial charge >= 0.3 is 0 Å². The molecular formula is C21H18FN5S. The number of benzene rings is 2. The zero-order valence-electron chi connectivity index (χ0n) is 15.0. The number of rotatable bonds is 6. The number of thiazole rings is 1. The van der Waals surface area contributed by atoms with Crippen LogP contribution in [-0.2, 0) is 6.42 Å². The smallest absolute Gasteiger partial charge is 0.193 e. The van der Waals surface area contributed by atoms with E-state index in [1.54, 1.807) is 29.7 Å². The summed E-state index contributed by atoms with van der Waals surface area (Å²) in [5.41, 5.74) is 2.41. The summed E-state index contributed by atoms with van der Waals surface area (Å²) < 4.78 is 14.9. The lowest BCUT2D eigenvalue weighted by molar-refractivity contribution is 0.515. The third-order valence-corrected chi connectivity index (χ3v) is 5.51. The highest BCUT2D eigenvalue weighted by molar-refractivity contribution is 7.22. The maximum Gasteiger partial charge on any atom is 0.193 e. The van der Waals surface area contributed by atoms with Crippen molar-refractivity contribution < 1.29 is 4.39 Å². The van der Waals surface area contributed by atoms with Crippen LogP contribution in [0.15, 0.2) is 65.3 Å². The molecule has 140 valence electrons. The van der Waals surface area contributed by atoms with Crippen molar-refractivity contribution in [3.05, 3.63) is 71.7 Å². The van der Waals surface area contributed by atoms with Crippen molar-refractivity contribution in [1.29, 1.82) is 5.26 Å². The Bertz CT molecular complexity index is 1050. The Morgan fingerprint density at radius 1 is 1.18 bits per heavy atom. The van der Waals surface area contributed by atoms with Gasteiger partial charge < -0.3 is 0 Å². The van der Waals surface area contributed by atoms with E-state index in [4.69, 9.17) is 4.98 Å². The van der Waals surface area contributed by atoms with E-state index in [2.05, 4.69) is 16.4 Å². The first-order chi connectivity index (χ1) is 13.8. The minimum Gasteiger partial charge on any atom is -0.285 e. The van der Waals surface area contributed by atoms with Crippen molar-refractivity contribution in [2.45, 2.75) is 19.1 Å².